The molecule has 0 heterocycles. The Morgan fingerprint density at radius 2 is 2.12 bits per heavy atom. The van der Waals surface area contributed by atoms with Crippen molar-refractivity contribution in [2.75, 3.05) is 7.11 Å². The average Bonchev–Trinajstić information content (AvgIpc) is 2.27. The lowest BCUT2D eigenvalue weighted by molar-refractivity contribution is -0.386. The molecule has 0 radical (unpaired) electrons. The number of nitro groups is 1. The summed E-state index contributed by atoms with van der Waals surface area (Å²) in [7, 11) is 1.45. The van der Waals surface area contributed by atoms with E-state index in [0.29, 0.717) is 17.7 Å². The van der Waals surface area contributed by atoms with E-state index in [2.05, 4.69) is 0 Å². The average molecular weight is 239 g/mol. The fourth-order valence-corrected chi connectivity index (χ4v) is 1.66. The van der Waals surface area contributed by atoms with Gasteiger partial charge in [-0.15, -0.1) is 0 Å². The number of aliphatic hydroxyl groups excluding tert-OH is 1. The van der Waals surface area contributed by atoms with E-state index in [1.54, 1.807) is 12.1 Å². The Balaban J connectivity index is 3.09. The molecule has 0 amide bonds. The van der Waals surface area contributed by atoms with Crippen molar-refractivity contribution in [3.8, 4) is 5.75 Å². The van der Waals surface area contributed by atoms with E-state index in [9.17, 15) is 15.2 Å². The third-order valence-corrected chi connectivity index (χ3v) is 2.49. The van der Waals surface area contributed by atoms with Crippen molar-refractivity contribution in [1.82, 2.24) is 0 Å². The van der Waals surface area contributed by atoms with Crippen LogP contribution >= 0.6 is 0 Å². The van der Waals surface area contributed by atoms with Gasteiger partial charge in [-0.1, -0.05) is 13.8 Å². The Labute approximate surface area is 100 Å². The predicted molar refractivity (Wildman–Crippen MR) is 64.1 cm³/mol. The van der Waals surface area contributed by atoms with Crippen molar-refractivity contribution < 1.29 is 14.8 Å². The second-order valence-corrected chi connectivity index (χ2v) is 4.33. The van der Waals surface area contributed by atoms with Gasteiger partial charge in [-0.25, -0.2) is 0 Å². The van der Waals surface area contributed by atoms with Crippen molar-refractivity contribution in [3.63, 3.8) is 0 Å². The van der Waals surface area contributed by atoms with Gasteiger partial charge in [0.1, 0.15) is 5.75 Å². The van der Waals surface area contributed by atoms with Crippen LogP contribution in [0.1, 0.15) is 31.9 Å². The van der Waals surface area contributed by atoms with Gasteiger partial charge in [-0.3, -0.25) is 10.1 Å². The smallest absolute Gasteiger partial charge is 0.278 e. The summed E-state index contributed by atoms with van der Waals surface area (Å²) in [5, 5.41) is 20.9. The summed E-state index contributed by atoms with van der Waals surface area (Å²) in [6, 6.07) is 4.49. The first-order valence-electron chi connectivity index (χ1n) is 5.46. The van der Waals surface area contributed by atoms with Gasteiger partial charge in [-0.05, 0) is 24.5 Å². The SMILES string of the molecule is COc1ccc(C(O)CC(C)C)c([N+](=O)[O-])c1. The molecule has 0 aliphatic heterocycles. The van der Waals surface area contributed by atoms with Gasteiger partial charge < -0.3 is 9.84 Å². The number of nitro benzene ring substituents is 1. The monoisotopic (exact) mass is 239 g/mol. The number of aliphatic hydroxyl groups is 1. The normalized spacial score (nSPS) is 12.5. The molecule has 1 unspecified atom stereocenters. The van der Waals surface area contributed by atoms with Crippen molar-refractivity contribution in [2.24, 2.45) is 5.92 Å². The van der Waals surface area contributed by atoms with Gasteiger partial charge in [-0.2, -0.15) is 0 Å². The first-order valence-corrected chi connectivity index (χ1v) is 5.46. The minimum atomic E-state index is -0.818. The van der Waals surface area contributed by atoms with E-state index in [4.69, 9.17) is 4.74 Å². The van der Waals surface area contributed by atoms with Gasteiger partial charge in [0.05, 0.1) is 29.8 Å². The van der Waals surface area contributed by atoms with E-state index >= 15 is 0 Å². The van der Waals surface area contributed by atoms with Gasteiger partial charge in [0.2, 0.25) is 0 Å². The highest BCUT2D eigenvalue weighted by Gasteiger charge is 2.21. The van der Waals surface area contributed by atoms with E-state index in [-0.39, 0.29) is 11.6 Å². The molecule has 1 aromatic rings. The first kappa shape index (κ1) is 13.4. The first-order chi connectivity index (χ1) is 7.95. The third-order valence-electron chi connectivity index (χ3n) is 2.49. The highest BCUT2D eigenvalue weighted by Crippen LogP contribution is 2.32. The molecule has 1 rings (SSSR count). The standard InChI is InChI=1S/C12H17NO4/c1-8(2)6-12(14)10-5-4-9(17-3)7-11(10)13(15)16/h4-5,7-8,12,14H,6H2,1-3H3. The lowest BCUT2D eigenvalue weighted by atomic mass is 9.98. The fourth-order valence-electron chi connectivity index (χ4n) is 1.66. The van der Waals surface area contributed by atoms with Crippen LogP contribution in [0, 0.1) is 16.0 Å². The lowest BCUT2D eigenvalue weighted by Crippen LogP contribution is -2.05. The summed E-state index contributed by atoms with van der Waals surface area (Å²) < 4.78 is 4.93. The Morgan fingerprint density at radius 3 is 2.59 bits per heavy atom. The Kier molecular flexibility index (Phi) is 4.45. The van der Waals surface area contributed by atoms with Crippen LogP contribution in [-0.2, 0) is 0 Å². The molecule has 1 aromatic carbocycles. The molecule has 94 valence electrons. The Hall–Kier alpha value is -1.62. The molecule has 1 atom stereocenters. The molecule has 0 bridgehead atoms. The Morgan fingerprint density at radius 1 is 1.47 bits per heavy atom. The zero-order chi connectivity index (χ0) is 13.0. The largest absolute Gasteiger partial charge is 0.497 e. The van der Waals surface area contributed by atoms with Crippen molar-refractivity contribution in [2.45, 2.75) is 26.4 Å². The molecule has 5 nitrogen and oxygen atoms in total. The summed E-state index contributed by atoms with van der Waals surface area (Å²) in [5.74, 6) is 0.684. The minimum Gasteiger partial charge on any atom is -0.497 e. The van der Waals surface area contributed by atoms with E-state index in [1.165, 1.54) is 13.2 Å². The van der Waals surface area contributed by atoms with E-state index in [1.807, 2.05) is 13.8 Å². The van der Waals surface area contributed by atoms with Gasteiger partial charge in [0.25, 0.3) is 5.69 Å². The van der Waals surface area contributed by atoms with Crippen molar-refractivity contribution in [1.29, 1.82) is 0 Å². The van der Waals surface area contributed by atoms with Crippen LogP contribution in [0.4, 0.5) is 5.69 Å². The van der Waals surface area contributed by atoms with Crippen LogP contribution in [0.5, 0.6) is 5.75 Å². The second-order valence-electron chi connectivity index (χ2n) is 4.33. The molecule has 0 aromatic heterocycles. The molecule has 0 aliphatic carbocycles. The summed E-state index contributed by atoms with van der Waals surface area (Å²) in [5.41, 5.74) is 0.238. The third kappa shape index (κ3) is 3.42. The molecule has 5 heteroatoms. The molecule has 0 saturated heterocycles. The molecule has 0 fully saturated rings. The van der Waals surface area contributed by atoms with E-state index < -0.39 is 11.0 Å². The molecule has 0 saturated carbocycles. The maximum absolute atomic E-state index is 10.9. The second kappa shape index (κ2) is 5.63. The number of methoxy groups -OCH3 is 1. The highest BCUT2D eigenvalue weighted by atomic mass is 16.6. The number of hydrogen-bond acceptors (Lipinski definition) is 4. The quantitative estimate of drug-likeness (QED) is 0.633. The van der Waals surface area contributed by atoms with Gasteiger partial charge >= 0.3 is 0 Å². The molecular weight excluding hydrogens is 222 g/mol. The van der Waals surface area contributed by atoms with Crippen molar-refractivity contribution in [3.05, 3.63) is 33.9 Å². The Bertz CT molecular complexity index is 403. The van der Waals surface area contributed by atoms with Crippen LogP contribution in [0.15, 0.2) is 18.2 Å². The topological polar surface area (TPSA) is 72.6 Å². The molecule has 1 N–H and O–H groups in total. The maximum atomic E-state index is 10.9. The zero-order valence-electron chi connectivity index (χ0n) is 10.2. The van der Waals surface area contributed by atoms with Crippen LogP contribution in [0.3, 0.4) is 0 Å². The number of ether oxygens (including phenoxy) is 1. The van der Waals surface area contributed by atoms with Crippen LogP contribution in [0.25, 0.3) is 0 Å². The predicted octanol–water partition coefficient (Wildman–Crippen LogP) is 2.68. The molecular formula is C12H17NO4. The zero-order valence-corrected chi connectivity index (χ0v) is 10.2. The van der Waals surface area contributed by atoms with Gasteiger partial charge in [0, 0.05) is 0 Å². The summed E-state index contributed by atoms with van der Waals surface area (Å²) in [4.78, 5) is 10.4. The molecule has 0 aliphatic rings. The number of hydrogen-bond donors (Lipinski definition) is 1. The minimum absolute atomic E-state index is 0.0995. The summed E-state index contributed by atoms with van der Waals surface area (Å²) in [6.45, 7) is 3.91. The van der Waals surface area contributed by atoms with E-state index in [0.717, 1.165) is 0 Å². The lowest BCUT2D eigenvalue weighted by Gasteiger charge is -2.14. The highest BCUT2D eigenvalue weighted by molar-refractivity contribution is 5.47. The molecule has 17 heavy (non-hydrogen) atoms. The number of rotatable bonds is 5. The van der Waals surface area contributed by atoms with Crippen LogP contribution in [-0.4, -0.2) is 17.1 Å². The summed E-state index contributed by atoms with van der Waals surface area (Å²) >= 11 is 0. The maximum Gasteiger partial charge on any atom is 0.278 e. The molecule has 0 spiro atoms. The number of benzene rings is 1. The van der Waals surface area contributed by atoms with Gasteiger partial charge in [0.15, 0.2) is 0 Å². The van der Waals surface area contributed by atoms with Crippen molar-refractivity contribution >= 4 is 5.69 Å². The van der Waals surface area contributed by atoms with Crippen LogP contribution in [0.2, 0.25) is 0 Å². The summed E-state index contributed by atoms with van der Waals surface area (Å²) in [6.07, 6.45) is -0.325. The number of nitrogens with zero attached hydrogens (tertiary/aromatic N) is 1. The fraction of sp³-hybridized carbons (Fsp3) is 0.500. The van der Waals surface area contributed by atoms with Crippen LogP contribution < -0.4 is 4.74 Å².